The minimum absolute atomic E-state index is 0.141. The number of aliphatic carboxylic acids is 1. The Kier molecular flexibility index (Phi) is 2.86. The quantitative estimate of drug-likeness (QED) is 0.774. The van der Waals surface area contributed by atoms with Gasteiger partial charge in [-0.15, -0.1) is 0 Å². The Balaban J connectivity index is 2.20. The fraction of sp³-hybridized carbons (Fsp3) is 0.273. The average molecular weight is 234 g/mol. The van der Waals surface area contributed by atoms with E-state index in [2.05, 4.69) is 4.99 Å². The van der Waals surface area contributed by atoms with Gasteiger partial charge in [0.05, 0.1) is 18.1 Å². The van der Waals surface area contributed by atoms with E-state index in [-0.39, 0.29) is 13.0 Å². The van der Waals surface area contributed by atoms with Crippen LogP contribution in [-0.4, -0.2) is 40.2 Å². The van der Waals surface area contributed by atoms with Crippen LogP contribution < -0.4 is 0 Å². The number of carboxylic acids is 1. The Labute approximate surface area is 96.9 Å². The maximum absolute atomic E-state index is 11.9. The summed E-state index contributed by atoms with van der Waals surface area (Å²) in [5.74, 6) is -2.03. The lowest BCUT2D eigenvalue weighted by Crippen LogP contribution is -2.46. The first-order valence-corrected chi connectivity index (χ1v) is 5.10. The van der Waals surface area contributed by atoms with Crippen LogP contribution in [0.4, 0.5) is 4.79 Å². The van der Waals surface area contributed by atoms with Crippen molar-refractivity contribution < 1.29 is 19.5 Å². The monoisotopic (exact) mass is 234 g/mol. The molecule has 1 aliphatic heterocycles. The molecule has 0 aromatic rings. The molecule has 2 aliphatic rings. The molecule has 1 aliphatic carbocycles. The van der Waals surface area contributed by atoms with E-state index >= 15 is 0 Å². The third-order valence-electron chi connectivity index (χ3n) is 2.54. The van der Waals surface area contributed by atoms with E-state index in [1.54, 1.807) is 24.3 Å². The topological polar surface area (TPSA) is 87.0 Å². The SMILES string of the molecule is O=C(O)CCN1C(=O)N=C2C=CC=CC2C1=O. The predicted octanol–water partition coefficient (Wildman–Crippen LogP) is 0.607. The van der Waals surface area contributed by atoms with Crippen LogP contribution >= 0.6 is 0 Å². The summed E-state index contributed by atoms with van der Waals surface area (Å²) in [6.45, 7) is -0.141. The number of carboxylic acid groups (broad SMARTS) is 1. The average Bonchev–Trinajstić information content (AvgIpc) is 2.28. The number of aliphatic imine (C=N–C) groups is 1. The summed E-state index contributed by atoms with van der Waals surface area (Å²) in [6.07, 6.45) is 6.38. The number of nitrogens with zero attached hydrogens (tertiary/aromatic N) is 2. The first-order valence-electron chi connectivity index (χ1n) is 5.10. The normalized spacial score (nSPS) is 22.5. The molecule has 6 heteroatoms. The lowest BCUT2D eigenvalue weighted by atomic mass is 9.95. The van der Waals surface area contributed by atoms with E-state index in [4.69, 9.17) is 5.11 Å². The summed E-state index contributed by atoms with van der Waals surface area (Å²) in [6, 6.07) is -0.692. The molecular formula is C11H10N2O4. The van der Waals surface area contributed by atoms with Crippen LogP contribution in [-0.2, 0) is 9.59 Å². The van der Waals surface area contributed by atoms with Gasteiger partial charge in [-0.3, -0.25) is 14.5 Å². The molecule has 17 heavy (non-hydrogen) atoms. The number of amides is 3. The van der Waals surface area contributed by atoms with Crippen LogP contribution in [0.2, 0.25) is 0 Å². The molecule has 0 saturated heterocycles. The van der Waals surface area contributed by atoms with Crippen LogP contribution in [0.3, 0.4) is 0 Å². The van der Waals surface area contributed by atoms with Gasteiger partial charge in [0.25, 0.3) is 0 Å². The standard InChI is InChI=1S/C11H10N2O4/c14-9(15)5-6-13-10(16)7-3-1-2-4-8(7)12-11(13)17/h1-4,7H,5-6H2,(H,14,15). The maximum atomic E-state index is 11.9. The Morgan fingerprint density at radius 2 is 2.18 bits per heavy atom. The van der Waals surface area contributed by atoms with Gasteiger partial charge >= 0.3 is 12.0 Å². The van der Waals surface area contributed by atoms with Crippen molar-refractivity contribution in [1.82, 2.24) is 4.90 Å². The fourth-order valence-electron chi connectivity index (χ4n) is 1.69. The Hall–Kier alpha value is -2.24. The second kappa shape index (κ2) is 4.32. The van der Waals surface area contributed by atoms with Crippen molar-refractivity contribution in [3.63, 3.8) is 0 Å². The molecule has 88 valence electrons. The van der Waals surface area contributed by atoms with Gasteiger partial charge in [-0.25, -0.2) is 4.79 Å². The summed E-state index contributed by atoms with van der Waals surface area (Å²) in [5.41, 5.74) is 0.411. The van der Waals surface area contributed by atoms with Crippen LogP contribution in [0.5, 0.6) is 0 Å². The summed E-state index contributed by atoms with van der Waals surface area (Å²) in [7, 11) is 0. The number of hydrogen-bond donors (Lipinski definition) is 1. The van der Waals surface area contributed by atoms with Crippen molar-refractivity contribution in [3.8, 4) is 0 Å². The number of fused-ring (bicyclic) bond motifs is 1. The molecule has 0 radical (unpaired) electrons. The second-order valence-corrected chi connectivity index (χ2v) is 3.67. The minimum atomic E-state index is -1.06. The highest BCUT2D eigenvalue weighted by Gasteiger charge is 2.35. The van der Waals surface area contributed by atoms with Crippen molar-refractivity contribution in [2.24, 2.45) is 10.9 Å². The summed E-state index contributed by atoms with van der Waals surface area (Å²) < 4.78 is 0. The van der Waals surface area contributed by atoms with Gasteiger partial charge in [-0.1, -0.05) is 18.2 Å². The lowest BCUT2D eigenvalue weighted by Gasteiger charge is -2.27. The number of imide groups is 1. The molecule has 0 spiro atoms. The zero-order chi connectivity index (χ0) is 12.4. The highest BCUT2D eigenvalue weighted by atomic mass is 16.4. The molecule has 1 heterocycles. The van der Waals surface area contributed by atoms with Gasteiger partial charge in [-0.2, -0.15) is 4.99 Å². The molecule has 0 bridgehead atoms. The molecule has 1 N–H and O–H groups in total. The highest BCUT2D eigenvalue weighted by molar-refractivity contribution is 6.21. The molecular weight excluding hydrogens is 224 g/mol. The van der Waals surface area contributed by atoms with E-state index in [1.165, 1.54) is 0 Å². The summed E-state index contributed by atoms with van der Waals surface area (Å²) >= 11 is 0. The third-order valence-corrected chi connectivity index (χ3v) is 2.54. The lowest BCUT2D eigenvalue weighted by molar-refractivity contribution is -0.137. The van der Waals surface area contributed by atoms with Crippen molar-refractivity contribution >= 4 is 23.6 Å². The molecule has 3 amide bonds. The third kappa shape index (κ3) is 2.15. The molecule has 1 unspecified atom stereocenters. The minimum Gasteiger partial charge on any atom is -0.481 e. The van der Waals surface area contributed by atoms with E-state index < -0.39 is 23.8 Å². The molecule has 2 rings (SSSR count). The smallest absolute Gasteiger partial charge is 0.350 e. The molecule has 0 saturated carbocycles. The number of rotatable bonds is 3. The van der Waals surface area contributed by atoms with Gasteiger partial charge in [0.1, 0.15) is 0 Å². The Morgan fingerprint density at radius 1 is 1.41 bits per heavy atom. The maximum Gasteiger partial charge on any atom is 0.350 e. The van der Waals surface area contributed by atoms with Crippen molar-refractivity contribution in [1.29, 1.82) is 0 Å². The molecule has 0 aromatic heterocycles. The summed E-state index contributed by atoms with van der Waals surface area (Å²) in [4.78, 5) is 38.5. The molecule has 6 nitrogen and oxygen atoms in total. The largest absolute Gasteiger partial charge is 0.481 e. The molecule has 0 aromatic carbocycles. The van der Waals surface area contributed by atoms with Gasteiger partial charge in [0.15, 0.2) is 0 Å². The van der Waals surface area contributed by atoms with Gasteiger partial charge in [0.2, 0.25) is 5.91 Å². The zero-order valence-corrected chi connectivity index (χ0v) is 8.87. The van der Waals surface area contributed by atoms with Crippen LogP contribution in [0.25, 0.3) is 0 Å². The fourth-order valence-corrected chi connectivity index (χ4v) is 1.69. The van der Waals surface area contributed by atoms with E-state index in [1.807, 2.05) is 0 Å². The van der Waals surface area contributed by atoms with Crippen molar-refractivity contribution in [2.75, 3.05) is 6.54 Å². The van der Waals surface area contributed by atoms with Crippen molar-refractivity contribution in [2.45, 2.75) is 6.42 Å². The Bertz CT molecular complexity index is 476. The number of hydrogen-bond acceptors (Lipinski definition) is 3. The second-order valence-electron chi connectivity index (χ2n) is 3.67. The van der Waals surface area contributed by atoms with E-state index in [9.17, 15) is 14.4 Å². The Morgan fingerprint density at radius 3 is 2.88 bits per heavy atom. The van der Waals surface area contributed by atoms with Crippen LogP contribution in [0, 0.1) is 5.92 Å². The number of urea groups is 1. The molecule has 1 atom stereocenters. The summed E-state index contributed by atoms with van der Waals surface area (Å²) in [5, 5.41) is 8.54. The van der Waals surface area contributed by atoms with Crippen LogP contribution in [0.1, 0.15) is 6.42 Å². The number of carbonyl (C=O) groups is 3. The van der Waals surface area contributed by atoms with Gasteiger partial charge in [0, 0.05) is 6.54 Å². The van der Waals surface area contributed by atoms with Gasteiger partial charge < -0.3 is 5.11 Å². The highest BCUT2D eigenvalue weighted by Crippen LogP contribution is 2.19. The van der Waals surface area contributed by atoms with E-state index in [0.29, 0.717) is 5.71 Å². The van der Waals surface area contributed by atoms with E-state index in [0.717, 1.165) is 4.90 Å². The van der Waals surface area contributed by atoms with Crippen LogP contribution in [0.15, 0.2) is 29.3 Å². The predicted molar refractivity (Wildman–Crippen MR) is 58.6 cm³/mol. The first kappa shape index (κ1) is 11.3. The first-order chi connectivity index (χ1) is 8.09. The van der Waals surface area contributed by atoms with Gasteiger partial charge in [-0.05, 0) is 6.08 Å². The molecule has 0 fully saturated rings. The number of allylic oxidation sites excluding steroid dienone is 3. The zero-order valence-electron chi connectivity index (χ0n) is 8.87. The number of carbonyl (C=O) groups excluding carboxylic acids is 2. The van der Waals surface area contributed by atoms with Crippen molar-refractivity contribution in [3.05, 3.63) is 24.3 Å².